The molecule has 0 radical (unpaired) electrons. The largest absolute Gasteiger partial charge is 0.477 e. The van der Waals surface area contributed by atoms with E-state index in [-0.39, 0.29) is 23.7 Å². The van der Waals surface area contributed by atoms with Crippen molar-refractivity contribution in [2.24, 2.45) is 0 Å². The van der Waals surface area contributed by atoms with Crippen molar-refractivity contribution in [3.05, 3.63) is 45.2 Å². The Morgan fingerprint density at radius 2 is 2.21 bits per heavy atom. The molecular weight excluding hydrogens is 384 g/mol. The molecule has 1 fully saturated rings. The number of hydrogen-bond acceptors (Lipinski definition) is 8. The van der Waals surface area contributed by atoms with Crippen molar-refractivity contribution in [3.63, 3.8) is 0 Å². The summed E-state index contributed by atoms with van der Waals surface area (Å²) in [5.74, 6) is -0.603. The number of rotatable bonds is 6. The van der Waals surface area contributed by atoms with Crippen LogP contribution < -0.4 is 10.3 Å². The fourth-order valence-corrected chi connectivity index (χ4v) is 3.84. The van der Waals surface area contributed by atoms with E-state index in [0.29, 0.717) is 41.9 Å². The molecule has 3 aromatic rings. The predicted octanol–water partition coefficient (Wildman–Crippen LogP) is 1.05. The number of aromatic nitrogens is 3. The quantitative estimate of drug-likeness (QED) is 0.628. The molecule has 3 aromatic heterocycles. The summed E-state index contributed by atoms with van der Waals surface area (Å²) in [6.07, 6.45) is 2.92. The number of aromatic carboxylic acids is 1. The standard InChI is InChI=1S/C18H18N4O5S/c1-10-6-13(21-7-11(8-21)27-4-3-23)20-16-14(10)15(24)12(17(25)26)9-22(16)18-19-2-5-28-18/h2,5-6,9,11,23H,3-4,7-8H2,1H3,(H,25,26). The van der Waals surface area contributed by atoms with E-state index < -0.39 is 11.4 Å². The van der Waals surface area contributed by atoms with Gasteiger partial charge in [0.15, 0.2) is 10.8 Å². The van der Waals surface area contributed by atoms with Gasteiger partial charge in [0.2, 0.25) is 5.43 Å². The molecule has 0 atom stereocenters. The summed E-state index contributed by atoms with van der Waals surface area (Å²) in [6.45, 7) is 3.31. The molecule has 4 rings (SSSR count). The van der Waals surface area contributed by atoms with Gasteiger partial charge < -0.3 is 19.8 Å². The molecule has 146 valence electrons. The average Bonchev–Trinajstić information content (AvgIpc) is 3.14. The molecule has 0 spiro atoms. The highest BCUT2D eigenvalue weighted by atomic mass is 32.1. The third-order valence-electron chi connectivity index (χ3n) is 4.61. The van der Waals surface area contributed by atoms with Crippen molar-refractivity contribution in [3.8, 4) is 5.13 Å². The van der Waals surface area contributed by atoms with Gasteiger partial charge >= 0.3 is 5.97 Å². The lowest BCUT2D eigenvalue weighted by Gasteiger charge is -2.39. The van der Waals surface area contributed by atoms with E-state index in [1.807, 2.05) is 4.90 Å². The first-order valence-electron chi connectivity index (χ1n) is 8.67. The summed E-state index contributed by atoms with van der Waals surface area (Å²) < 4.78 is 7.05. The van der Waals surface area contributed by atoms with Crippen LogP contribution in [0.4, 0.5) is 5.82 Å². The van der Waals surface area contributed by atoms with Crippen molar-refractivity contribution >= 4 is 34.2 Å². The molecule has 0 amide bonds. The number of carbonyl (C=O) groups is 1. The van der Waals surface area contributed by atoms with Crippen molar-refractivity contribution in [1.29, 1.82) is 0 Å². The minimum atomic E-state index is -1.28. The molecule has 4 heterocycles. The molecule has 9 nitrogen and oxygen atoms in total. The first kappa shape index (κ1) is 18.5. The third-order valence-corrected chi connectivity index (χ3v) is 5.39. The van der Waals surface area contributed by atoms with Gasteiger partial charge in [-0.3, -0.25) is 9.36 Å². The van der Waals surface area contributed by atoms with Crippen LogP contribution in [0.5, 0.6) is 0 Å². The Morgan fingerprint density at radius 3 is 2.86 bits per heavy atom. The second kappa shape index (κ2) is 7.30. The normalized spacial score (nSPS) is 14.4. The molecule has 0 bridgehead atoms. The number of aliphatic hydroxyl groups is 1. The fourth-order valence-electron chi connectivity index (χ4n) is 3.22. The Morgan fingerprint density at radius 1 is 1.43 bits per heavy atom. The Balaban J connectivity index is 1.83. The molecule has 1 aliphatic heterocycles. The molecule has 1 saturated heterocycles. The summed E-state index contributed by atoms with van der Waals surface area (Å²) in [4.78, 5) is 35.2. The van der Waals surface area contributed by atoms with Crippen LogP contribution in [0.25, 0.3) is 16.2 Å². The summed E-state index contributed by atoms with van der Waals surface area (Å²) in [5, 5.41) is 20.9. The Hall–Kier alpha value is -2.82. The van der Waals surface area contributed by atoms with Crippen LogP contribution in [0.2, 0.25) is 0 Å². The molecule has 0 aromatic carbocycles. The monoisotopic (exact) mass is 402 g/mol. The number of thiazole rings is 1. The number of fused-ring (bicyclic) bond motifs is 1. The summed E-state index contributed by atoms with van der Waals surface area (Å²) in [5.41, 5.74) is 0.152. The van der Waals surface area contributed by atoms with E-state index in [9.17, 15) is 14.7 Å². The highest BCUT2D eigenvalue weighted by Crippen LogP contribution is 2.27. The Bertz CT molecular complexity index is 1090. The maximum atomic E-state index is 12.7. The number of ether oxygens (including phenoxy) is 1. The average molecular weight is 402 g/mol. The number of hydrogen-bond donors (Lipinski definition) is 2. The zero-order valence-corrected chi connectivity index (χ0v) is 15.8. The van der Waals surface area contributed by atoms with Gasteiger partial charge in [-0.25, -0.2) is 14.8 Å². The van der Waals surface area contributed by atoms with Gasteiger partial charge in [-0.05, 0) is 18.6 Å². The highest BCUT2D eigenvalue weighted by molar-refractivity contribution is 7.12. The number of aryl methyl sites for hydroxylation is 1. The molecule has 28 heavy (non-hydrogen) atoms. The van der Waals surface area contributed by atoms with E-state index in [4.69, 9.17) is 9.84 Å². The lowest BCUT2D eigenvalue weighted by atomic mass is 10.1. The SMILES string of the molecule is Cc1cc(N2CC(OCCO)C2)nc2c1c(=O)c(C(=O)O)cn2-c1nccs1. The van der Waals surface area contributed by atoms with E-state index in [0.717, 1.165) is 0 Å². The number of anilines is 1. The Kier molecular flexibility index (Phi) is 4.84. The number of nitrogens with zero attached hydrogens (tertiary/aromatic N) is 4. The molecular formula is C18H18N4O5S. The number of carboxylic acids is 1. The summed E-state index contributed by atoms with van der Waals surface area (Å²) in [6, 6.07) is 1.78. The van der Waals surface area contributed by atoms with Crippen molar-refractivity contribution in [2.75, 3.05) is 31.2 Å². The van der Waals surface area contributed by atoms with E-state index >= 15 is 0 Å². The van der Waals surface area contributed by atoms with Crippen molar-refractivity contribution in [2.45, 2.75) is 13.0 Å². The van der Waals surface area contributed by atoms with Gasteiger partial charge in [-0.15, -0.1) is 11.3 Å². The molecule has 0 aliphatic carbocycles. The van der Waals surface area contributed by atoms with Crippen LogP contribution in [0.1, 0.15) is 15.9 Å². The number of carboxylic acid groups (broad SMARTS) is 1. The van der Waals surface area contributed by atoms with Crippen molar-refractivity contribution in [1.82, 2.24) is 14.5 Å². The first-order chi connectivity index (χ1) is 13.5. The predicted molar refractivity (Wildman–Crippen MR) is 104 cm³/mol. The summed E-state index contributed by atoms with van der Waals surface area (Å²) in [7, 11) is 0. The third kappa shape index (κ3) is 3.15. The molecule has 0 saturated carbocycles. The van der Waals surface area contributed by atoms with Gasteiger partial charge in [0.25, 0.3) is 0 Å². The van der Waals surface area contributed by atoms with Gasteiger partial charge in [-0.2, -0.15) is 0 Å². The van der Waals surface area contributed by atoms with Gasteiger partial charge in [0.1, 0.15) is 11.4 Å². The van der Waals surface area contributed by atoms with Crippen LogP contribution in [-0.4, -0.2) is 63.1 Å². The lowest BCUT2D eigenvalue weighted by molar-refractivity contribution is 0.0133. The first-order valence-corrected chi connectivity index (χ1v) is 9.55. The minimum absolute atomic E-state index is 0.0180. The maximum absolute atomic E-state index is 12.7. The van der Waals surface area contributed by atoms with Gasteiger partial charge in [-0.1, -0.05) is 0 Å². The van der Waals surface area contributed by atoms with Crippen LogP contribution in [0, 0.1) is 6.92 Å². The molecule has 0 unspecified atom stereocenters. The zero-order valence-electron chi connectivity index (χ0n) is 15.0. The van der Waals surface area contributed by atoms with Gasteiger partial charge in [0.05, 0.1) is 24.7 Å². The zero-order chi connectivity index (χ0) is 19.8. The maximum Gasteiger partial charge on any atom is 0.341 e. The smallest absolute Gasteiger partial charge is 0.341 e. The second-order valence-corrected chi connectivity index (χ2v) is 7.35. The van der Waals surface area contributed by atoms with Crippen molar-refractivity contribution < 1.29 is 19.7 Å². The summed E-state index contributed by atoms with van der Waals surface area (Å²) >= 11 is 1.33. The molecule has 1 aliphatic rings. The molecule has 10 heteroatoms. The Labute approximate surface area is 163 Å². The van der Waals surface area contributed by atoms with E-state index in [1.54, 1.807) is 29.1 Å². The van der Waals surface area contributed by atoms with E-state index in [1.165, 1.54) is 17.5 Å². The topological polar surface area (TPSA) is 118 Å². The molecule has 2 N–H and O–H groups in total. The van der Waals surface area contributed by atoms with Crippen LogP contribution in [-0.2, 0) is 4.74 Å². The lowest BCUT2D eigenvalue weighted by Crippen LogP contribution is -2.53. The van der Waals surface area contributed by atoms with Crippen LogP contribution in [0.3, 0.4) is 0 Å². The number of aliphatic hydroxyl groups excluding tert-OH is 1. The second-order valence-electron chi connectivity index (χ2n) is 6.48. The minimum Gasteiger partial charge on any atom is -0.477 e. The van der Waals surface area contributed by atoms with Crippen LogP contribution >= 0.6 is 11.3 Å². The fraction of sp³-hybridized carbons (Fsp3) is 0.333. The van der Waals surface area contributed by atoms with Crippen LogP contribution in [0.15, 0.2) is 28.6 Å². The van der Waals surface area contributed by atoms with E-state index in [2.05, 4.69) is 9.97 Å². The number of pyridine rings is 2. The highest BCUT2D eigenvalue weighted by Gasteiger charge is 2.29. The van der Waals surface area contributed by atoms with Gasteiger partial charge in [0, 0.05) is 30.9 Å².